The molecule has 5 heteroatoms. The Morgan fingerprint density at radius 1 is 1.17 bits per heavy atom. The maximum Gasteiger partial charge on any atom is 0.244 e. The Hall–Kier alpha value is -2.43. The smallest absolute Gasteiger partial charge is 0.244 e. The van der Waals surface area contributed by atoms with E-state index in [0.717, 1.165) is 30.6 Å². The van der Waals surface area contributed by atoms with Crippen molar-refractivity contribution in [1.82, 2.24) is 19.7 Å². The van der Waals surface area contributed by atoms with Crippen LogP contribution in [0.25, 0.3) is 11.2 Å². The molecule has 0 atom stereocenters. The average molecular weight is 307 g/mol. The fraction of sp³-hybridized carbons (Fsp3) is 0.389. The van der Waals surface area contributed by atoms with Crippen LogP contribution in [0.3, 0.4) is 0 Å². The Balaban J connectivity index is 1.75. The highest BCUT2D eigenvalue weighted by Crippen LogP contribution is 2.24. The quantitative estimate of drug-likeness (QED) is 0.758. The predicted octanol–water partition coefficient (Wildman–Crippen LogP) is 3.40. The molecule has 0 aliphatic heterocycles. The zero-order valence-electron chi connectivity index (χ0n) is 13.4. The molecule has 5 nitrogen and oxygen atoms in total. The second-order valence-corrected chi connectivity index (χ2v) is 6.22. The SMILES string of the molecule is CCCc1cc2nnc(NC3CC3)nc2n1Cc1ccccc1. The van der Waals surface area contributed by atoms with E-state index in [1.54, 1.807) is 0 Å². The second kappa shape index (κ2) is 5.99. The second-order valence-electron chi connectivity index (χ2n) is 6.22. The van der Waals surface area contributed by atoms with Gasteiger partial charge < -0.3 is 9.88 Å². The number of aryl methyl sites for hydroxylation is 1. The van der Waals surface area contributed by atoms with E-state index >= 15 is 0 Å². The lowest BCUT2D eigenvalue weighted by atomic mass is 10.2. The lowest BCUT2D eigenvalue weighted by molar-refractivity contribution is 0.738. The van der Waals surface area contributed by atoms with E-state index in [1.165, 1.54) is 24.1 Å². The Morgan fingerprint density at radius 2 is 2.00 bits per heavy atom. The Kier molecular flexibility index (Phi) is 3.69. The van der Waals surface area contributed by atoms with Gasteiger partial charge in [-0.1, -0.05) is 43.7 Å². The summed E-state index contributed by atoms with van der Waals surface area (Å²) in [7, 11) is 0. The minimum atomic E-state index is 0.530. The Morgan fingerprint density at radius 3 is 2.74 bits per heavy atom. The van der Waals surface area contributed by atoms with Gasteiger partial charge in [0, 0.05) is 18.3 Å². The first-order valence-electron chi connectivity index (χ1n) is 8.37. The Labute approximate surface area is 135 Å². The molecule has 1 N–H and O–H groups in total. The molecule has 0 saturated heterocycles. The van der Waals surface area contributed by atoms with Crippen molar-refractivity contribution in [2.45, 2.75) is 45.2 Å². The van der Waals surface area contributed by atoms with Crippen molar-refractivity contribution in [2.24, 2.45) is 0 Å². The third kappa shape index (κ3) is 3.04. The molecule has 2 aromatic heterocycles. The van der Waals surface area contributed by atoms with Crippen LogP contribution >= 0.6 is 0 Å². The van der Waals surface area contributed by atoms with Crippen molar-refractivity contribution >= 4 is 17.1 Å². The van der Waals surface area contributed by atoms with Crippen LogP contribution in [0.15, 0.2) is 36.4 Å². The van der Waals surface area contributed by atoms with Crippen LogP contribution in [0.4, 0.5) is 5.95 Å². The topological polar surface area (TPSA) is 55.6 Å². The van der Waals surface area contributed by atoms with Crippen LogP contribution in [-0.4, -0.2) is 25.8 Å². The summed E-state index contributed by atoms with van der Waals surface area (Å²) in [5.41, 5.74) is 4.36. The monoisotopic (exact) mass is 307 g/mol. The van der Waals surface area contributed by atoms with Gasteiger partial charge >= 0.3 is 0 Å². The standard InChI is InChI=1S/C18H21N5/c1-2-6-15-11-16-17(20-18(22-21-16)19-14-9-10-14)23(15)12-13-7-4-3-5-8-13/h3-5,7-8,11,14H,2,6,9-10,12H2,1H3,(H,19,20,22). The van der Waals surface area contributed by atoms with Gasteiger partial charge in [-0.3, -0.25) is 0 Å². The molecule has 0 amide bonds. The third-order valence-corrected chi connectivity index (χ3v) is 4.20. The lowest BCUT2D eigenvalue weighted by Gasteiger charge is -2.10. The summed E-state index contributed by atoms with van der Waals surface area (Å²) in [5, 5.41) is 11.9. The summed E-state index contributed by atoms with van der Waals surface area (Å²) >= 11 is 0. The number of hydrogen-bond donors (Lipinski definition) is 1. The zero-order valence-corrected chi connectivity index (χ0v) is 13.4. The van der Waals surface area contributed by atoms with Crippen molar-refractivity contribution in [1.29, 1.82) is 0 Å². The molecule has 1 fully saturated rings. The van der Waals surface area contributed by atoms with Gasteiger partial charge in [-0.05, 0) is 30.9 Å². The van der Waals surface area contributed by atoms with Crippen LogP contribution in [0.1, 0.15) is 37.4 Å². The van der Waals surface area contributed by atoms with Gasteiger partial charge in [0.15, 0.2) is 5.65 Å². The fourth-order valence-corrected chi connectivity index (χ4v) is 2.87. The van der Waals surface area contributed by atoms with Crippen LogP contribution in [-0.2, 0) is 13.0 Å². The van der Waals surface area contributed by atoms with Gasteiger partial charge in [0.2, 0.25) is 5.95 Å². The first-order valence-corrected chi connectivity index (χ1v) is 8.37. The first-order chi connectivity index (χ1) is 11.3. The largest absolute Gasteiger partial charge is 0.350 e. The van der Waals surface area contributed by atoms with E-state index in [2.05, 4.69) is 57.3 Å². The number of fused-ring (bicyclic) bond motifs is 1. The zero-order chi connectivity index (χ0) is 15.6. The van der Waals surface area contributed by atoms with E-state index in [1.807, 2.05) is 6.07 Å². The summed E-state index contributed by atoms with van der Waals surface area (Å²) in [6, 6.07) is 13.2. The highest BCUT2D eigenvalue weighted by atomic mass is 15.3. The van der Waals surface area contributed by atoms with Gasteiger partial charge in [0.25, 0.3) is 0 Å². The number of anilines is 1. The fourth-order valence-electron chi connectivity index (χ4n) is 2.87. The molecule has 3 aromatic rings. The van der Waals surface area contributed by atoms with Crippen molar-refractivity contribution in [3.05, 3.63) is 47.7 Å². The summed E-state index contributed by atoms with van der Waals surface area (Å²) in [6.45, 7) is 3.02. The van der Waals surface area contributed by atoms with Crippen molar-refractivity contribution in [2.75, 3.05) is 5.32 Å². The molecule has 1 saturated carbocycles. The average Bonchev–Trinajstić information content (AvgIpc) is 3.33. The van der Waals surface area contributed by atoms with Crippen molar-refractivity contribution < 1.29 is 0 Å². The lowest BCUT2D eigenvalue weighted by Crippen LogP contribution is -2.09. The molecule has 1 aliphatic rings. The summed E-state index contributed by atoms with van der Waals surface area (Å²) in [4.78, 5) is 4.73. The minimum Gasteiger partial charge on any atom is -0.350 e. The van der Waals surface area contributed by atoms with Crippen LogP contribution in [0.5, 0.6) is 0 Å². The minimum absolute atomic E-state index is 0.530. The number of aromatic nitrogens is 4. The van der Waals surface area contributed by atoms with Crippen molar-refractivity contribution in [3.8, 4) is 0 Å². The molecule has 1 aromatic carbocycles. The highest BCUT2D eigenvalue weighted by molar-refractivity contribution is 5.73. The van der Waals surface area contributed by atoms with Gasteiger partial charge in [0.1, 0.15) is 5.52 Å². The summed E-state index contributed by atoms with van der Waals surface area (Å²) in [5.74, 6) is 0.649. The molecule has 118 valence electrons. The molecule has 0 unspecified atom stereocenters. The molecule has 0 bridgehead atoms. The highest BCUT2D eigenvalue weighted by Gasteiger charge is 2.22. The molecule has 23 heavy (non-hydrogen) atoms. The van der Waals surface area contributed by atoms with Gasteiger partial charge in [-0.2, -0.15) is 4.98 Å². The van der Waals surface area contributed by atoms with Gasteiger partial charge in [0.05, 0.1) is 0 Å². The maximum atomic E-state index is 4.73. The van der Waals surface area contributed by atoms with Gasteiger partial charge in [-0.15, -0.1) is 10.2 Å². The summed E-state index contributed by atoms with van der Waals surface area (Å²) < 4.78 is 2.28. The maximum absolute atomic E-state index is 4.73. The predicted molar refractivity (Wildman–Crippen MR) is 91.5 cm³/mol. The molecular formula is C18H21N5. The van der Waals surface area contributed by atoms with Crippen molar-refractivity contribution in [3.63, 3.8) is 0 Å². The molecular weight excluding hydrogens is 286 g/mol. The molecule has 2 heterocycles. The summed E-state index contributed by atoms with van der Waals surface area (Å²) in [6.07, 6.45) is 4.53. The number of benzene rings is 1. The van der Waals surface area contributed by atoms with E-state index in [0.29, 0.717) is 12.0 Å². The van der Waals surface area contributed by atoms with E-state index in [-0.39, 0.29) is 0 Å². The van der Waals surface area contributed by atoms with E-state index in [4.69, 9.17) is 4.98 Å². The molecule has 0 radical (unpaired) electrons. The number of nitrogens with one attached hydrogen (secondary N) is 1. The van der Waals surface area contributed by atoms with Crippen LogP contribution in [0, 0.1) is 0 Å². The number of hydrogen-bond acceptors (Lipinski definition) is 4. The van der Waals surface area contributed by atoms with E-state index in [9.17, 15) is 0 Å². The number of nitrogens with zero attached hydrogens (tertiary/aromatic N) is 4. The van der Waals surface area contributed by atoms with Crippen LogP contribution in [0.2, 0.25) is 0 Å². The third-order valence-electron chi connectivity index (χ3n) is 4.20. The normalized spacial score (nSPS) is 14.3. The first kappa shape index (κ1) is 14.2. The number of rotatable bonds is 6. The molecule has 4 rings (SSSR count). The van der Waals surface area contributed by atoms with E-state index < -0.39 is 0 Å². The van der Waals surface area contributed by atoms with Crippen LogP contribution < -0.4 is 5.32 Å². The molecule has 1 aliphatic carbocycles. The molecule has 0 spiro atoms. The van der Waals surface area contributed by atoms with Gasteiger partial charge in [-0.25, -0.2) is 0 Å². The Bertz CT molecular complexity index is 805.